The first-order valence-electron chi connectivity index (χ1n) is 5.11. The monoisotopic (exact) mass is 259 g/mol. The van der Waals surface area contributed by atoms with Crippen molar-refractivity contribution < 1.29 is 22.0 Å². The number of aryl methyl sites for hydroxylation is 1. The molecule has 0 unspecified atom stereocenters. The molecule has 0 aliphatic rings. The molecular weight excluding hydrogens is 250 g/mol. The molecule has 2 aromatic rings. The molecule has 2 nitrogen and oxygen atoms in total. The number of furan rings is 1. The van der Waals surface area contributed by atoms with E-state index in [9.17, 15) is 17.6 Å². The molecule has 18 heavy (non-hydrogen) atoms. The Labute approximate surface area is 100 Å². The molecule has 1 aromatic carbocycles. The van der Waals surface area contributed by atoms with Crippen LogP contribution in [0.1, 0.15) is 11.5 Å². The molecule has 0 atom stereocenters. The van der Waals surface area contributed by atoms with Crippen LogP contribution >= 0.6 is 0 Å². The van der Waals surface area contributed by atoms with Crippen molar-refractivity contribution in [2.45, 2.75) is 13.5 Å². The second-order valence-corrected chi connectivity index (χ2v) is 3.71. The number of nitrogens with one attached hydrogen (secondary N) is 1. The van der Waals surface area contributed by atoms with Crippen LogP contribution in [0.3, 0.4) is 0 Å². The van der Waals surface area contributed by atoms with Crippen molar-refractivity contribution in [3.8, 4) is 0 Å². The summed E-state index contributed by atoms with van der Waals surface area (Å²) in [5.74, 6) is -4.80. The lowest BCUT2D eigenvalue weighted by molar-refractivity contribution is 0.455. The van der Waals surface area contributed by atoms with Crippen LogP contribution in [0.2, 0.25) is 0 Å². The van der Waals surface area contributed by atoms with Crippen LogP contribution in [0.4, 0.5) is 23.2 Å². The van der Waals surface area contributed by atoms with E-state index in [0.29, 0.717) is 11.5 Å². The minimum absolute atomic E-state index is 0.0788. The van der Waals surface area contributed by atoms with Crippen molar-refractivity contribution in [2.75, 3.05) is 5.32 Å². The summed E-state index contributed by atoms with van der Waals surface area (Å²) in [7, 11) is 0. The average molecular weight is 259 g/mol. The maximum absolute atomic E-state index is 13.3. The van der Waals surface area contributed by atoms with Crippen molar-refractivity contribution >= 4 is 5.69 Å². The fourth-order valence-electron chi connectivity index (χ4n) is 1.48. The third kappa shape index (κ3) is 2.32. The van der Waals surface area contributed by atoms with Gasteiger partial charge in [-0.2, -0.15) is 0 Å². The van der Waals surface area contributed by atoms with Gasteiger partial charge in [-0.1, -0.05) is 0 Å². The second kappa shape index (κ2) is 4.72. The summed E-state index contributed by atoms with van der Waals surface area (Å²) in [6, 6.07) is 3.41. The third-order valence-corrected chi connectivity index (χ3v) is 2.35. The van der Waals surface area contributed by atoms with E-state index in [4.69, 9.17) is 4.42 Å². The zero-order valence-electron chi connectivity index (χ0n) is 9.36. The molecule has 0 radical (unpaired) electrons. The van der Waals surface area contributed by atoms with Crippen LogP contribution in [0, 0.1) is 30.2 Å². The molecule has 0 bridgehead atoms. The second-order valence-electron chi connectivity index (χ2n) is 3.71. The Morgan fingerprint density at radius 1 is 1.06 bits per heavy atom. The molecule has 0 spiro atoms. The van der Waals surface area contributed by atoms with E-state index in [-0.39, 0.29) is 12.6 Å². The van der Waals surface area contributed by atoms with Crippen LogP contribution in [-0.2, 0) is 6.54 Å². The Balaban J connectivity index is 2.24. The largest absolute Gasteiger partial charge is 0.465 e. The van der Waals surface area contributed by atoms with Gasteiger partial charge in [-0.05, 0) is 19.1 Å². The highest BCUT2D eigenvalue weighted by atomic mass is 19.2. The lowest BCUT2D eigenvalue weighted by Gasteiger charge is -2.08. The Morgan fingerprint density at radius 2 is 1.67 bits per heavy atom. The van der Waals surface area contributed by atoms with E-state index in [2.05, 4.69) is 5.32 Å². The fourth-order valence-corrected chi connectivity index (χ4v) is 1.48. The number of hydrogen-bond donors (Lipinski definition) is 1. The predicted molar refractivity (Wildman–Crippen MR) is 57.0 cm³/mol. The Morgan fingerprint density at radius 3 is 2.17 bits per heavy atom. The molecule has 96 valence electrons. The number of halogens is 4. The van der Waals surface area contributed by atoms with Crippen molar-refractivity contribution in [1.29, 1.82) is 0 Å². The highest BCUT2D eigenvalue weighted by Crippen LogP contribution is 2.24. The van der Waals surface area contributed by atoms with Crippen LogP contribution in [0.25, 0.3) is 0 Å². The SMILES string of the molecule is Cc1ccc(CNc2c(F)c(F)cc(F)c2F)o1. The summed E-state index contributed by atoms with van der Waals surface area (Å²) < 4.78 is 57.5. The summed E-state index contributed by atoms with van der Waals surface area (Å²) in [6.07, 6.45) is 0. The zero-order chi connectivity index (χ0) is 13.3. The van der Waals surface area contributed by atoms with Crippen molar-refractivity contribution in [3.05, 3.63) is 53.0 Å². The summed E-state index contributed by atoms with van der Waals surface area (Å²) in [5, 5.41) is 2.27. The van der Waals surface area contributed by atoms with Crippen LogP contribution in [0.5, 0.6) is 0 Å². The molecule has 0 aliphatic carbocycles. The molecule has 0 amide bonds. The molecule has 1 aromatic heterocycles. The minimum Gasteiger partial charge on any atom is -0.465 e. The van der Waals surface area contributed by atoms with Crippen molar-refractivity contribution in [1.82, 2.24) is 0 Å². The Bertz CT molecular complexity index is 553. The predicted octanol–water partition coefficient (Wildman–Crippen LogP) is 3.76. The van der Waals surface area contributed by atoms with Gasteiger partial charge in [0.25, 0.3) is 0 Å². The number of anilines is 1. The van der Waals surface area contributed by atoms with E-state index >= 15 is 0 Å². The van der Waals surface area contributed by atoms with Crippen LogP contribution in [-0.4, -0.2) is 0 Å². The normalized spacial score (nSPS) is 10.7. The van der Waals surface area contributed by atoms with Gasteiger partial charge in [0.05, 0.1) is 6.54 Å². The van der Waals surface area contributed by atoms with Crippen molar-refractivity contribution in [2.24, 2.45) is 0 Å². The quantitative estimate of drug-likeness (QED) is 0.670. The maximum Gasteiger partial charge on any atom is 0.185 e. The van der Waals surface area contributed by atoms with E-state index in [0.717, 1.165) is 0 Å². The highest BCUT2D eigenvalue weighted by molar-refractivity contribution is 5.47. The van der Waals surface area contributed by atoms with E-state index < -0.39 is 29.0 Å². The van der Waals surface area contributed by atoms with E-state index in [1.807, 2.05) is 0 Å². The average Bonchev–Trinajstić information content (AvgIpc) is 2.73. The molecule has 0 saturated carbocycles. The zero-order valence-corrected chi connectivity index (χ0v) is 9.36. The molecule has 2 rings (SSSR count). The van der Waals surface area contributed by atoms with Crippen molar-refractivity contribution in [3.63, 3.8) is 0 Å². The highest BCUT2D eigenvalue weighted by Gasteiger charge is 2.18. The first-order valence-corrected chi connectivity index (χ1v) is 5.11. The van der Waals surface area contributed by atoms with Gasteiger partial charge in [0.1, 0.15) is 17.2 Å². The van der Waals surface area contributed by atoms with Gasteiger partial charge in [0.2, 0.25) is 0 Å². The summed E-state index contributed by atoms with van der Waals surface area (Å²) in [6.45, 7) is 1.62. The van der Waals surface area contributed by atoms with Crippen LogP contribution < -0.4 is 5.32 Å². The van der Waals surface area contributed by atoms with E-state index in [1.165, 1.54) is 0 Å². The van der Waals surface area contributed by atoms with Gasteiger partial charge >= 0.3 is 0 Å². The minimum atomic E-state index is -1.46. The fraction of sp³-hybridized carbons (Fsp3) is 0.167. The van der Waals surface area contributed by atoms with Gasteiger partial charge < -0.3 is 9.73 Å². The van der Waals surface area contributed by atoms with Gasteiger partial charge in [0.15, 0.2) is 23.3 Å². The molecule has 0 fully saturated rings. The Hall–Kier alpha value is -1.98. The standard InChI is InChI=1S/C12H9F4NO/c1-6-2-3-7(18-6)5-17-12-10(15)8(13)4-9(14)11(12)16/h2-4,17H,5H2,1H3. The number of rotatable bonds is 3. The van der Waals surface area contributed by atoms with Gasteiger partial charge in [0, 0.05) is 6.07 Å². The number of hydrogen-bond acceptors (Lipinski definition) is 2. The molecule has 1 N–H and O–H groups in total. The van der Waals surface area contributed by atoms with Crippen LogP contribution in [0.15, 0.2) is 22.6 Å². The van der Waals surface area contributed by atoms with Gasteiger partial charge in [-0.3, -0.25) is 0 Å². The summed E-state index contributed by atoms with van der Waals surface area (Å²) in [4.78, 5) is 0. The number of benzene rings is 1. The molecule has 0 aliphatic heterocycles. The Kier molecular flexibility index (Phi) is 3.27. The topological polar surface area (TPSA) is 25.2 Å². The van der Waals surface area contributed by atoms with Gasteiger partial charge in [-0.15, -0.1) is 0 Å². The first kappa shape index (κ1) is 12.5. The van der Waals surface area contributed by atoms with Gasteiger partial charge in [-0.25, -0.2) is 17.6 Å². The smallest absolute Gasteiger partial charge is 0.185 e. The molecule has 6 heteroatoms. The molecule has 0 saturated heterocycles. The van der Waals surface area contributed by atoms with E-state index in [1.54, 1.807) is 19.1 Å². The first-order chi connectivity index (χ1) is 8.49. The summed E-state index contributed by atoms with van der Waals surface area (Å²) >= 11 is 0. The third-order valence-electron chi connectivity index (χ3n) is 2.35. The summed E-state index contributed by atoms with van der Waals surface area (Å²) in [5.41, 5.74) is -0.846. The molecular formula is C12H9F4NO. The lowest BCUT2D eigenvalue weighted by atomic mass is 10.2. The lowest BCUT2D eigenvalue weighted by Crippen LogP contribution is -2.06. The molecule has 1 heterocycles. The maximum atomic E-state index is 13.3.